The van der Waals surface area contributed by atoms with Gasteiger partial charge in [0.1, 0.15) is 12.4 Å². The molecular formula is C12H18Cl2N2O. The summed E-state index contributed by atoms with van der Waals surface area (Å²) in [6.45, 7) is 5.59. The van der Waals surface area contributed by atoms with E-state index in [-0.39, 0.29) is 24.8 Å². The predicted molar refractivity (Wildman–Crippen MR) is 75.4 cm³/mol. The van der Waals surface area contributed by atoms with Gasteiger partial charge in [0.05, 0.1) is 11.9 Å². The summed E-state index contributed by atoms with van der Waals surface area (Å²) in [4.78, 5) is 6.48. The van der Waals surface area contributed by atoms with Crippen molar-refractivity contribution in [1.82, 2.24) is 9.88 Å². The molecule has 5 heteroatoms. The number of nitrogens with zero attached hydrogens (tertiary/aromatic N) is 2. The molecule has 3 nitrogen and oxygen atoms in total. The Bertz CT molecular complexity index is 343. The van der Waals surface area contributed by atoms with Crippen LogP contribution in [0.4, 0.5) is 0 Å². The quantitative estimate of drug-likeness (QED) is 0.846. The summed E-state index contributed by atoms with van der Waals surface area (Å²) in [7, 11) is 2.12. The van der Waals surface area contributed by atoms with Crippen LogP contribution in [0.1, 0.15) is 12.1 Å². The molecule has 1 aliphatic heterocycles. The number of rotatable bonds is 4. The summed E-state index contributed by atoms with van der Waals surface area (Å²) in [5, 5.41) is 0. The number of pyridine rings is 1. The van der Waals surface area contributed by atoms with Gasteiger partial charge in [-0.2, -0.15) is 0 Å². The highest BCUT2D eigenvalue weighted by molar-refractivity contribution is 5.85. The summed E-state index contributed by atoms with van der Waals surface area (Å²) < 4.78 is 5.64. The molecule has 17 heavy (non-hydrogen) atoms. The monoisotopic (exact) mass is 276 g/mol. The zero-order chi connectivity index (χ0) is 10.7. The van der Waals surface area contributed by atoms with Crippen molar-refractivity contribution in [3.05, 3.63) is 30.6 Å². The van der Waals surface area contributed by atoms with Crippen LogP contribution in [0.3, 0.4) is 0 Å². The van der Waals surface area contributed by atoms with E-state index in [0.717, 1.165) is 18.1 Å². The average molecular weight is 277 g/mol. The number of likely N-dealkylation sites (N-methyl/N-ethyl adjacent to an activating group) is 1. The van der Waals surface area contributed by atoms with Crippen molar-refractivity contribution in [1.29, 1.82) is 0 Å². The molecule has 0 radical (unpaired) electrons. The standard InChI is InChI=1S/C12H16N2O.2ClH/c1-3-10-4-5-12(8-13-10)15-9-11-6-7-14(11)2;;/h3-5,8,11H,1,6-7,9H2,2H3;2*1H/t11-;;/m0../s1. The maximum absolute atomic E-state index is 5.64. The van der Waals surface area contributed by atoms with Crippen LogP contribution < -0.4 is 4.74 Å². The van der Waals surface area contributed by atoms with Crippen LogP contribution in [-0.2, 0) is 0 Å². The molecule has 0 aromatic carbocycles. The first-order valence-corrected chi connectivity index (χ1v) is 5.21. The van der Waals surface area contributed by atoms with E-state index in [2.05, 4.69) is 23.5 Å². The van der Waals surface area contributed by atoms with E-state index in [1.165, 1.54) is 13.0 Å². The normalized spacial score (nSPS) is 18.3. The lowest BCUT2D eigenvalue weighted by atomic mass is 10.1. The Morgan fingerprint density at radius 2 is 2.29 bits per heavy atom. The van der Waals surface area contributed by atoms with Crippen LogP contribution in [0.15, 0.2) is 24.9 Å². The van der Waals surface area contributed by atoms with Crippen molar-refractivity contribution in [2.45, 2.75) is 12.5 Å². The van der Waals surface area contributed by atoms with E-state index in [0.29, 0.717) is 6.04 Å². The van der Waals surface area contributed by atoms with Gasteiger partial charge in [-0.3, -0.25) is 9.88 Å². The molecule has 96 valence electrons. The Morgan fingerprint density at radius 1 is 1.53 bits per heavy atom. The van der Waals surface area contributed by atoms with Gasteiger partial charge in [-0.1, -0.05) is 6.58 Å². The molecule has 1 aromatic rings. The topological polar surface area (TPSA) is 25.4 Å². The zero-order valence-corrected chi connectivity index (χ0v) is 11.5. The minimum Gasteiger partial charge on any atom is -0.490 e. The first-order chi connectivity index (χ1) is 7.29. The van der Waals surface area contributed by atoms with E-state index in [1.54, 1.807) is 12.3 Å². The highest BCUT2D eigenvalue weighted by Gasteiger charge is 2.24. The number of aromatic nitrogens is 1. The number of hydrogen-bond donors (Lipinski definition) is 0. The van der Waals surface area contributed by atoms with Crippen LogP contribution in [0.5, 0.6) is 5.75 Å². The zero-order valence-electron chi connectivity index (χ0n) is 9.83. The SMILES string of the molecule is C=Cc1ccc(OC[C@@H]2CCN2C)cn1.Cl.Cl. The summed E-state index contributed by atoms with van der Waals surface area (Å²) >= 11 is 0. The van der Waals surface area contributed by atoms with Gasteiger partial charge in [-0.25, -0.2) is 0 Å². The maximum Gasteiger partial charge on any atom is 0.137 e. The largest absolute Gasteiger partial charge is 0.490 e. The summed E-state index contributed by atoms with van der Waals surface area (Å²) in [6.07, 6.45) is 4.70. The smallest absolute Gasteiger partial charge is 0.137 e. The third-order valence-electron chi connectivity index (χ3n) is 2.85. The van der Waals surface area contributed by atoms with Crippen molar-refractivity contribution in [2.24, 2.45) is 0 Å². The van der Waals surface area contributed by atoms with Gasteiger partial charge in [0.2, 0.25) is 0 Å². The van der Waals surface area contributed by atoms with Crippen molar-refractivity contribution in [3.63, 3.8) is 0 Å². The van der Waals surface area contributed by atoms with Crippen LogP contribution in [-0.4, -0.2) is 36.1 Å². The highest BCUT2D eigenvalue weighted by atomic mass is 35.5. The fourth-order valence-electron chi connectivity index (χ4n) is 1.57. The highest BCUT2D eigenvalue weighted by Crippen LogP contribution is 2.16. The van der Waals surface area contributed by atoms with Gasteiger partial charge in [-0.15, -0.1) is 24.8 Å². The van der Waals surface area contributed by atoms with Gasteiger partial charge < -0.3 is 4.74 Å². The summed E-state index contributed by atoms with van der Waals surface area (Å²) in [6, 6.07) is 4.42. The van der Waals surface area contributed by atoms with Crippen LogP contribution >= 0.6 is 24.8 Å². The lowest BCUT2D eigenvalue weighted by Gasteiger charge is -2.37. The second-order valence-electron chi connectivity index (χ2n) is 3.86. The number of hydrogen-bond acceptors (Lipinski definition) is 3. The van der Waals surface area contributed by atoms with Gasteiger partial charge in [0.15, 0.2) is 0 Å². The number of halogens is 2. The molecule has 2 heterocycles. The van der Waals surface area contributed by atoms with E-state index in [1.807, 2.05) is 12.1 Å². The van der Waals surface area contributed by atoms with Gasteiger partial charge >= 0.3 is 0 Å². The minimum absolute atomic E-state index is 0. The molecule has 1 aromatic heterocycles. The van der Waals surface area contributed by atoms with Crippen molar-refractivity contribution >= 4 is 30.9 Å². The Kier molecular flexibility index (Phi) is 7.19. The van der Waals surface area contributed by atoms with Crippen LogP contribution in [0, 0.1) is 0 Å². The number of ether oxygens (including phenoxy) is 1. The van der Waals surface area contributed by atoms with Crippen molar-refractivity contribution < 1.29 is 4.74 Å². The lowest BCUT2D eigenvalue weighted by Crippen LogP contribution is -2.48. The second-order valence-corrected chi connectivity index (χ2v) is 3.86. The predicted octanol–water partition coefficient (Wildman–Crippen LogP) is 2.65. The molecule has 0 saturated carbocycles. The van der Waals surface area contributed by atoms with Crippen LogP contribution in [0.2, 0.25) is 0 Å². The molecule has 0 aliphatic carbocycles. The molecule has 1 atom stereocenters. The Hall–Kier alpha value is -0.770. The third kappa shape index (κ3) is 4.19. The van der Waals surface area contributed by atoms with E-state index < -0.39 is 0 Å². The first-order valence-electron chi connectivity index (χ1n) is 5.21. The van der Waals surface area contributed by atoms with E-state index >= 15 is 0 Å². The van der Waals surface area contributed by atoms with Gasteiger partial charge in [0.25, 0.3) is 0 Å². The van der Waals surface area contributed by atoms with Gasteiger partial charge in [0, 0.05) is 6.04 Å². The third-order valence-corrected chi connectivity index (χ3v) is 2.85. The van der Waals surface area contributed by atoms with Gasteiger partial charge in [-0.05, 0) is 38.2 Å². The lowest BCUT2D eigenvalue weighted by molar-refractivity contribution is 0.0767. The molecule has 0 N–H and O–H groups in total. The molecule has 0 amide bonds. The molecular weight excluding hydrogens is 259 g/mol. The van der Waals surface area contributed by atoms with E-state index in [9.17, 15) is 0 Å². The molecule has 2 rings (SSSR count). The average Bonchev–Trinajstić information content (AvgIpc) is 2.28. The molecule has 1 saturated heterocycles. The molecule has 0 unspecified atom stereocenters. The molecule has 0 bridgehead atoms. The van der Waals surface area contributed by atoms with Crippen LogP contribution in [0.25, 0.3) is 6.08 Å². The number of likely N-dealkylation sites (tertiary alicyclic amines) is 1. The Labute approximate surface area is 115 Å². The maximum atomic E-state index is 5.64. The fraction of sp³-hybridized carbons (Fsp3) is 0.417. The van der Waals surface area contributed by atoms with Crippen molar-refractivity contribution in [2.75, 3.05) is 20.2 Å². The summed E-state index contributed by atoms with van der Waals surface area (Å²) in [5.41, 5.74) is 0.878. The van der Waals surface area contributed by atoms with E-state index in [4.69, 9.17) is 4.74 Å². The molecule has 1 fully saturated rings. The second kappa shape index (κ2) is 7.54. The minimum atomic E-state index is 0. The molecule has 0 spiro atoms. The fourth-order valence-corrected chi connectivity index (χ4v) is 1.57. The first kappa shape index (κ1) is 16.2. The van der Waals surface area contributed by atoms with Crippen molar-refractivity contribution in [3.8, 4) is 5.75 Å². The summed E-state index contributed by atoms with van der Waals surface area (Å²) in [5.74, 6) is 0.834. The Balaban J connectivity index is 0.00000128. The molecule has 1 aliphatic rings. The Morgan fingerprint density at radius 3 is 2.71 bits per heavy atom.